The van der Waals surface area contributed by atoms with Crippen LogP contribution in [0.4, 0.5) is 0 Å². The lowest BCUT2D eigenvalue weighted by Gasteiger charge is -2.27. The predicted octanol–water partition coefficient (Wildman–Crippen LogP) is 2.00. The minimum atomic E-state index is 0.437. The summed E-state index contributed by atoms with van der Waals surface area (Å²) in [4.78, 5) is 2.40. The molecule has 0 aliphatic rings. The van der Waals surface area contributed by atoms with E-state index < -0.39 is 0 Å². The molecule has 1 unspecified atom stereocenters. The normalized spacial score (nSPS) is 13.0. The van der Waals surface area contributed by atoms with E-state index in [4.69, 9.17) is 10.5 Å². The Balaban J connectivity index is 2.66. The number of benzene rings is 1. The molecule has 0 aromatic heterocycles. The van der Waals surface area contributed by atoms with Crippen LogP contribution in [0.3, 0.4) is 0 Å². The van der Waals surface area contributed by atoms with Crippen LogP contribution in [-0.4, -0.2) is 31.2 Å². The molecule has 0 radical (unpaired) electrons. The quantitative estimate of drug-likeness (QED) is 0.787. The first-order valence-corrected chi connectivity index (χ1v) is 6.22. The van der Waals surface area contributed by atoms with Crippen LogP contribution >= 0.6 is 0 Å². The second-order valence-corrected chi connectivity index (χ2v) is 4.39. The molecule has 1 aromatic carbocycles. The lowest BCUT2D eigenvalue weighted by molar-refractivity contribution is 0.0982. The summed E-state index contributed by atoms with van der Waals surface area (Å²) in [5.74, 6) is 0. The SMILES string of the molecule is CCN(Cc1cccc(CN)c1)C(C)COC. The Morgan fingerprint density at radius 2 is 2.06 bits per heavy atom. The molecule has 3 heteroatoms. The number of methoxy groups -OCH3 is 1. The highest BCUT2D eigenvalue weighted by atomic mass is 16.5. The molecule has 0 spiro atoms. The van der Waals surface area contributed by atoms with Gasteiger partial charge >= 0.3 is 0 Å². The van der Waals surface area contributed by atoms with E-state index >= 15 is 0 Å². The summed E-state index contributed by atoms with van der Waals surface area (Å²) in [5, 5.41) is 0. The third kappa shape index (κ3) is 4.46. The van der Waals surface area contributed by atoms with Crippen LogP contribution in [0.1, 0.15) is 25.0 Å². The molecule has 3 nitrogen and oxygen atoms in total. The lowest BCUT2D eigenvalue weighted by Crippen LogP contribution is -2.35. The van der Waals surface area contributed by atoms with Gasteiger partial charge in [0.15, 0.2) is 0 Å². The standard InChI is InChI=1S/C14H24N2O/c1-4-16(12(2)11-17-3)10-14-7-5-6-13(8-14)9-15/h5-8,12H,4,9-11,15H2,1-3H3. The lowest BCUT2D eigenvalue weighted by atomic mass is 10.1. The van der Waals surface area contributed by atoms with Crippen molar-refractivity contribution < 1.29 is 4.74 Å². The molecule has 0 aliphatic heterocycles. The van der Waals surface area contributed by atoms with Crippen LogP contribution in [0.15, 0.2) is 24.3 Å². The topological polar surface area (TPSA) is 38.5 Å². The van der Waals surface area contributed by atoms with Crippen LogP contribution in [0.25, 0.3) is 0 Å². The van der Waals surface area contributed by atoms with E-state index in [0.29, 0.717) is 12.6 Å². The molecular formula is C14H24N2O. The zero-order chi connectivity index (χ0) is 12.7. The van der Waals surface area contributed by atoms with Gasteiger partial charge in [-0.2, -0.15) is 0 Å². The fraction of sp³-hybridized carbons (Fsp3) is 0.571. The molecule has 0 saturated heterocycles. The zero-order valence-electron chi connectivity index (χ0n) is 11.1. The van der Waals surface area contributed by atoms with Crippen molar-refractivity contribution in [3.63, 3.8) is 0 Å². The van der Waals surface area contributed by atoms with Gasteiger partial charge in [-0.25, -0.2) is 0 Å². The average Bonchev–Trinajstić information content (AvgIpc) is 2.36. The van der Waals surface area contributed by atoms with Gasteiger partial charge in [0, 0.05) is 26.2 Å². The van der Waals surface area contributed by atoms with Crippen molar-refractivity contribution in [3.8, 4) is 0 Å². The fourth-order valence-electron chi connectivity index (χ4n) is 2.02. The maximum Gasteiger partial charge on any atom is 0.0615 e. The molecule has 1 aromatic rings. The Morgan fingerprint density at radius 3 is 2.65 bits per heavy atom. The highest BCUT2D eigenvalue weighted by Crippen LogP contribution is 2.10. The van der Waals surface area contributed by atoms with E-state index in [0.717, 1.165) is 19.7 Å². The number of ether oxygens (including phenoxy) is 1. The van der Waals surface area contributed by atoms with Gasteiger partial charge in [-0.05, 0) is 24.6 Å². The smallest absolute Gasteiger partial charge is 0.0615 e. The first-order chi connectivity index (χ1) is 8.21. The van der Waals surface area contributed by atoms with Crippen molar-refractivity contribution in [2.45, 2.75) is 33.0 Å². The van der Waals surface area contributed by atoms with Gasteiger partial charge in [0.1, 0.15) is 0 Å². The molecule has 0 aliphatic carbocycles. The van der Waals surface area contributed by atoms with Gasteiger partial charge < -0.3 is 10.5 Å². The van der Waals surface area contributed by atoms with E-state index in [1.54, 1.807) is 7.11 Å². The highest BCUT2D eigenvalue weighted by molar-refractivity contribution is 5.23. The van der Waals surface area contributed by atoms with E-state index in [2.05, 4.69) is 43.0 Å². The molecule has 2 N–H and O–H groups in total. The largest absolute Gasteiger partial charge is 0.383 e. The van der Waals surface area contributed by atoms with Crippen molar-refractivity contribution in [3.05, 3.63) is 35.4 Å². The number of nitrogens with zero attached hydrogens (tertiary/aromatic N) is 1. The molecule has 96 valence electrons. The van der Waals surface area contributed by atoms with Crippen LogP contribution in [0, 0.1) is 0 Å². The predicted molar refractivity (Wildman–Crippen MR) is 71.8 cm³/mol. The van der Waals surface area contributed by atoms with Crippen LogP contribution < -0.4 is 5.73 Å². The average molecular weight is 236 g/mol. The summed E-state index contributed by atoms with van der Waals surface area (Å²) < 4.78 is 5.21. The van der Waals surface area contributed by atoms with Crippen molar-refractivity contribution in [2.24, 2.45) is 5.73 Å². The number of nitrogens with two attached hydrogens (primary N) is 1. The molecule has 1 rings (SSSR count). The van der Waals surface area contributed by atoms with Crippen LogP contribution in [0.2, 0.25) is 0 Å². The summed E-state index contributed by atoms with van der Waals surface area (Å²) in [7, 11) is 1.75. The number of hydrogen-bond acceptors (Lipinski definition) is 3. The maximum atomic E-state index is 5.66. The van der Waals surface area contributed by atoms with Gasteiger partial charge in [0.05, 0.1) is 6.61 Å². The Morgan fingerprint density at radius 1 is 1.35 bits per heavy atom. The highest BCUT2D eigenvalue weighted by Gasteiger charge is 2.12. The molecular weight excluding hydrogens is 212 g/mol. The van der Waals surface area contributed by atoms with Gasteiger partial charge in [0.25, 0.3) is 0 Å². The molecule has 0 heterocycles. The van der Waals surface area contributed by atoms with Crippen molar-refractivity contribution in [2.75, 3.05) is 20.3 Å². The summed E-state index contributed by atoms with van der Waals surface area (Å²) in [6.07, 6.45) is 0. The number of hydrogen-bond donors (Lipinski definition) is 1. The van der Waals surface area contributed by atoms with Crippen molar-refractivity contribution in [1.29, 1.82) is 0 Å². The Kier molecular flexibility index (Phi) is 6.19. The minimum Gasteiger partial charge on any atom is -0.383 e. The first-order valence-electron chi connectivity index (χ1n) is 6.22. The third-order valence-electron chi connectivity index (χ3n) is 3.05. The minimum absolute atomic E-state index is 0.437. The van der Waals surface area contributed by atoms with E-state index in [-0.39, 0.29) is 0 Å². The Hall–Kier alpha value is -0.900. The molecule has 0 saturated carbocycles. The summed E-state index contributed by atoms with van der Waals surface area (Å²) in [6.45, 7) is 7.73. The zero-order valence-corrected chi connectivity index (χ0v) is 11.1. The van der Waals surface area contributed by atoms with E-state index in [1.165, 1.54) is 11.1 Å². The van der Waals surface area contributed by atoms with Crippen molar-refractivity contribution in [1.82, 2.24) is 4.90 Å². The monoisotopic (exact) mass is 236 g/mol. The molecule has 1 atom stereocenters. The van der Waals surface area contributed by atoms with Crippen LogP contribution in [-0.2, 0) is 17.8 Å². The second kappa shape index (κ2) is 7.43. The van der Waals surface area contributed by atoms with Crippen LogP contribution in [0.5, 0.6) is 0 Å². The van der Waals surface area contributed by atoms with Crippen molar-refractivity contribution >= 4 is 0 Å². The maximum absolute atomic E-state index is 5.66. The molecule has 0 amide bonds. The van der Waals surface area contributed by atoms with Gasteiger partial charge in [-0.15, -0.1) is 0 Å². The van der Waals surface area contributed by atoms with Gasteiger partial charge in [-0.1, -0.05) is 31.2 Å². The first kappa shape index (κ1) is 14.2. The van der Waals surface area contributed by atoms with Gasteiger partial charge in [0.2, 0.25) is 0 Å². The number of likely N-dealkylation sites (N-methyl/N-ethyl adjacent to an activating group) is 1. The summed E-state index contributed by atoms with van der Waals surface area (Å²) >= 11 is 0. The van der Waals surface area contributed by atoms with E-state index in [9.17, 15) is 0 Å². The number of rotatable bonds is 7. The Bertz CT molecular complexity index is 328. The second-order valence-electron chi connectivity index (χ2n) is 4.39. The molecule has 0 fully saturated rings. The molecule has 17 heavy (non-hydrogen) atoms. The fourth-order valence-corrected chi connectivity index (χ4v) is 2.02. The van der Waals surface area contributed by atoms with E-state index in [1.807, 2.05) is 0 Å². The summed E-state index contributed by atoms with van der Waals surface area (Å²) in [5.41, 5.74) is 8.17. The molecule has 0 bridgehead atoms. The Labute approximate surface area is 105 Å². The third-order valence-corrected chi connectivity index (χ3v) is 3.05. The van der Waals surface area contributed by atoms with Gasteiger partial charge in [-0.3, -0.25) is 4.90 Å². The summed E-state index contributed by atoms with van der Waals surface area (Å²) in [6, 6.07) is 8.92.